The normalized spacial score (nSPS) is 20.7. The average Bonchev–Trinajstić information content (AvgIpc) is 4.16. The number of likely N-dealkylation sites (N-methyl/N-ethyl adjacent to an activating group) is 1. The molecular weight excluding hydrogens is 937 g/mol. The number of carbonyl (C=O) groups excluding carboxylic acids is 7. The van der Waals surface area contributed by atoms with Crippen molar-refractivity contribution in [3.63, 3.8) is 0 Å². The van der Waals surface area contributed by atoms with Crippen LogP contribution in [0.1, 0.15) is 78.4 Å². The monoisotopic (exact) mass is 1010 g/mol. The van der Waals surface area contributed by atoms with Crippen molar-refractivity contribution >= 4 is 47.8 Å². The number of likely N-dealkylation sites (tertiary alicyclic amines) is 3. The van der Waals surface area contributed by atoms with Gasteiger partial charge in [-0.3, -0.25) is 19.2 Å². The first-order valence-electron chi connectivity index (χ1n) is 25.1. The minimum absolute atomic E-state index is 0.0476. The van der Waals surface area contributed by atoms with Gasteiger partial charge in [-0.05, 0) is 89.3 Å². The predicted molar refractivity (Wildman–Crippen MR) is 271 cm³/mol. The van der Waals surface area contributed by atoms with Crippen LogP contribution in [0.15, 0.2) is 60.7 Å². The molecule has 3 aliphatic heterocycles. The molecule has 3 heterocycles. The third-order valence-electron chi connectivity index (χ3n) is 13.8. The summed E-state index contributed by atoms with van der Waals surface area (Å²) in [5.41, 5.74) is 1.86. The summed E-state index contributed by atoms with van der Waals surface area (Å²) in [7, 11) is 1.64. The highest BCUT2D eigenvalue weighted by molar-refractivity contribution is 6.03. The van der Waals surface area contributed by atoms with Crippen LogP contribution in [0.4, 0.5) is 9.59 Å². The van der Waals surface area contributed by atoms with Crippen LogP contribution in [-0.2, 0) is 56.1 Å². The van der Waals surface area contributed by atoms with E-state index in [1.807, 2.05) is 67.6 Å². The summed E-state index contributed by atoms with van der Waals surface area (Å²) in [6, 6.07) is 14.6. The minimum atomic E-state index is -1.20. The maximum Gasteiger partial charge on any atom is 0.410 e. The lowest BCUT2D eigenvalue weighted by atomic mass is 9.97. The van der Waals surface area contributed by atoms with Crippen molar-refractivity contribution in [2.45, 2.75) is 129 Å². The Kier molecular flexibility index (Phi) is 22.3. The number of hydrogen-bond acceptors (Lipinski definition) is 13. The van der Waals surface area contributed by atoms with Gasteiger partial charge in [-0.15, -0.1) is 0 Å². The Morgan fingerprint density at radius 2 is 1.33 bits per heavy atom. The molecule has 394 valence electrons. The van der Waals surface area contributed by atoms with Gasteiger partial charge in [0.1, 0.15) is 44.8 Å². The molecular formula is C54H72N8O11. The van der Waals surface area contributed by atoms with E-state index in [4.69, 9.17) is 24.4 Å². The lowest BCUT2D eigenvalue weighted by Gasteiger charge is -2.34. The van der Waals surface area contributed by atoms with Gasteiger partial charge in [0.15, 0.2) is 0 Å². The number of nitrogens with one attached hydrogen (secondary N) is 5. The van der Waals surface area contributed by atoms with Crippen LogP contribution in [0, 0.1) is 46.8 Å². The first-order chi connectivity index (χ1) is 35.1. The van der Waals surface area contributed by atoms with Crippen molar-refractivity contribution in [1.82, 2.24) is 36.0 Å². The zero-order chi connectivity index (χ0) is 53.0. The van der Waals surface area contributed by atoms with E-state index in [1.165, 1.54) is 4.90 Å². The van der Waals surface area contributed by atoms with Gasteiger partial charge in [0.2, 0.25) is 23.6 Å². The summed E-state index contributed by atoms with van der Waals surface area (Å²) < 4.78 is 22.9. The Bertz CT molecular complexity index is 2350. The number of nitrogens with zero attached hydrogens (tertiary/aromatic N) is 3. The first-order valence-corrected chi connectivity index (χ1v) is 25.1. The van der Waals surface area contributed by atoms with Crippen molar-refractivity contribution in [3.8, 4) is 23.7 Å². The van der Waals surface area contributed by atoms with Crippen LogP contribution >= 0.6 is 0 Å². The zero-order valence-corrected chi connectivity index (χ0v) is 43.0. The van der Waals surface area contributed by atoms with Crippen LogP contribution in [0.5, 0.6) is 0 Å². The van der Waals surface area contributed by atoms with Gasteiger partial charge < -0.3 is 65.1 Å². The van der Waals surface area contributed by atoms with Crippen LogP contribution < -0.4 is 21.3 Å². The summed E-state index contributed by atoms with van der Waals surface area (Å²) in [5.74, 6) is 7.67. The van der Waals surface area contributed by atoms with Crippen LogP contribution in [0.3, 0.4) is 0 Å². The second kappa shape index (κ2) is 28.4. The molecule has 73 heavy (non-hydrogen) atoms. The van der Waals surface area contributed by atoms with Crippen LogP contribution in [0.25, 0.3) is 0 Å². The summed E-state index contributed by atoms with van der Waals surface area (Å²) in [4.78, 5) is 98.4. The second-order valence-corrected chi connectivity index (χ2v) is 18.8. The van der Waals surface area contributed by atoms with Crippen LogP contribution in [0.2, 0.25) is 0 Å². The molecule has 5 rings (SSSR count). The van der Waals surface area contributed by atoms with Crippen molar-refractivity contribution in [2.75, 3.05) is 46.4 Å². The Labute approximate surface area is 429 Å². The molecule has 2 aromatic carbocycles. The summed E-state index contributed by atoms with van der Waals surface area (Å²) in [6.07, 6.45) is -0.164. The van der Waals surface area contributed by atoms with E-state index in [9.17, 15) is 33.6 Å². The molecule has 0 spiro atoms. The van der Waals surface area contributed by atoms with Gasteiger partial charge in [0, 0.05) is 37.9 Å². The largest absolute Gasteiger partial charge is 0.445 e. The number of carbonyl (C=O) groups is 7. The van der Waals surface area contributed by atoms with Gasteiger partial charge in [-0.2, -0.15) is 0 Å². The predicted octanol–water partition coefficient (Wildman–Crippen LogP) is 3.44. The van der Waals surface area contributed by atoms with Crippen LogP contribution in [-0.4, -0.2) is 157 Å². The molecule has 11 unspecified atom stereocenters. The number of alkyl carbamates (subject to hydrolysis) is 1. The number of rotatable bonds is 23. The third kappa shape index (κ3) is 15.8. The number of amides is 6. The lowest BCUT2D eigenvalue weighted by Crippen LogP contribution is -2.58. The quantitative estimate of drug-likeness (QED) is 0.0612. The maximum absolute atomic E-state index is 14.4. The van der Waals surface area contributed by atoms with E-state index in [2.05, 4.69) is 44.9 Å². The van der Waals surface area contributed by atoms with E-state index in [1.54, 1.807) is 51.5 Å². The van der Waals surface area contributed by atoms with E-state index < -0.39 is 72.2 Å². The van der Waals surface area contributed by atoms with Crippen molar-refractivity contribution in [3.05, 3.63) is 71.8 Å². The molecule has 0 aromatic heterocycles. The number of benzene rings is 2. The average molecular weight is 1010 g/mol. The molecule has 19 heteroatoms. The fourth-order valence-corrected chi connectivity index (χ4v) is 9.38. The van der Waals surface area contributed by atoms with Crippen molar-refractivity contribution in [1.29, 1.82) is 5.41 Å². The van der Waals surface area contributed by atoms with E-state index in [0.717, 1.165) is 11.1 Å². The van der Waals surface area contributed by atoms with Crippen molar-refractivity contribution < 1.29 is 52.5 Å². The Morgan fingerprint density at radius 1 is 0.767 bits per heavy atom. The summed E-state index contributed by atoms with van der Waals surface area (Å²) in [5, 5.41) is 19.4. The number of hydrogen-bond donors (Lipinski definition) is 5. The highest BCUT2D eigenvalue weighted by Crippen LogP contribution is 2.36. The molecule has 0 radical (unpaired) electrons. The molecule has 3 aliphatic rings. The fourth-order valence-electron chi connectivity index (χ4n) is 9.38. The Hall–Kier alpha value is -6.80. The molecule has 19 nitrogen and oxygen atoms in total. The number of fused-ring (bicyclic) bond motifs is 1. The molecule has 5 N–H and O–H groups in total. The second-order valence-electron chi connectivity index (χ2n) is 18.8. The standard InChI is InChI=1S/C54H72N8O11/c1-8-43(55)36(3)49(64)58-46(51(66)60-26-19-24-44(60)42(32-63)30-57-53(68)72-33-40-20-13-11-14-21-40)38(5)70-28-17-9-10-18-29-71-39(6)47(59-50(65)37(4)56-7)52(67)61-27-25-45-48(61)35(2)31-62(45)54(69)73-34-41-22-15-12-16-23-41/h11-16,20-23,32,35-39,42,44-48,55-56H,8,19,24-31,33-34H2,1-7H3,(H,57,68)(H,58,64)(H,59,65). The van der Waals surface area contributed by atoms with Gasteiger partial charge in [-0.25, -0.2) is 9.59 Å². The van der Waals surface area contributed by atoms with Gasteiger partial charge in [0.25, 0.3) is 0 Å². The highest BCUT2D eigenvalue weighted by atomic mass is 16.6. The van der Waals surface area contributed by atoms with Gasteiger partial charge in [-0.1, -0.05) is 86.4 Å². The molecule has 0 saturated carbocycles. The molecule has 2 aromatic rings. The zero-order valence-electron chi connectivity index (χ0n) is 43.0. The Balaban J connectivity index is 1.18. The Morgan fingerprint density at radius 3 is 1.89 bits per heavy atom. The fraction of sp³-hybridized carbons (Fsp3) is 0.556. The van der Waals surface area contributed by atoms with E-state index >= 15 is 0 Å². The van der Waals surface area contributed by atoms with Gasteiger partial charge in [0.05, 0.1) is 42.2 Å². The first kappa shape index (κ1) is 57.1. The van der Waals surface area contributed by atoms with Crippen molar-refractivity contribution in [2.24, 2.45) is 17.8 Å². The smallest absolute Gasteiger partial charge is 0.410 e. The number of aldehydes is 1. The maximum atomic E-state index is 14.4. The van der Waals surface area contributed by atoms with E-state index in [0.29, 0.717) is 51.6 Å². The lowest BCUT2D eigenvalue weighted by molar-refractivity contribution is -0.142. The van der Waals surface area contributed by atoms with Gasteiger partial charge >= 0.3 is 12.2 Å². The van der Waals surface area contributed by atoms with E-state index in [-0.39, 0.29) is 68.5 Å². The highest BCUT2D eigenvalue weighted by Gasteiger charge is 2.52. The molecule has 3 saturated heterocycles. The SMILES string of the molecule is CCC(=N)C(C)C(=O)NC(C(=O)N1CCCC1C(C=O)CNC(=O)OCc1ccccc1)C(C)OCC#CC#CCOC(C)C(NC(=O)C(C)NC)C(=O)N1CCC2C1C(C)CN2C(=O)OCc1ccccc1. The molecule has 3 fully saturated rings. The summed E-state index contributed by atoms with van der Waals surface area (Å²) in [6.45, 7) is 11.3. The molecule has 0 aliphatic carbocycles. The molecule has 11 atom stereocenters. The molecule has 0 bridgehead atoms. The third-order valence-corrected chi connectivity index (χ3v) is 13.8. The number of ether oxygens (including phenoxy) is 4. The topological polar surface area (TPSA) is 238 Å². The minimum Gasteiger partial charge on any atom is -0.445 e. The molecule has 6 amide bonds. The summed E-state index contributed by atoms with van der Waals surface area (Å²) >= 11 is 0.